The van der Waals surface area contributed by atoms with E-state index in [0.717, 1.165) is 23.0 Å². The lowest BCUT2D eigenvalue weighted by atomic mass is 10.1. The van der Waals surface area contributed by atoms with Crippen LogP contribution in [0, 0.1) is 0 Å². The fourth-order valence-corrected chi connectivity index (χ4v) is 3.07. The monoisotopic (exact) mass is 294 g/mol. The predicted molar refractivity (Wildman–Crippen MR) is 86.3 cm³/mol. The minimum Gasteiger partial charge on any atom is -0.367 e. The van der Waals surface area contributed by atoms with Crippen LogP contribution in [0.1, 0.15) is 51.0 Å². The third-order valence-electron chi connectivity index (χ3n) is 3.76. The summed E-state index contributed by atoms with van der Waals surface area (Å²) in [6, 6.07) is 0.683. The summed E-state index contributed by atoms with van der Waals surface area (Å²) in [7, 11) is 0. The number of rotatable bonds is 5. The van der Waals surface area contributed by atoms with Gasteiger partial charge < -0.3 is 11.1 Å². The summed E-state index contributed by atoms with van der Waals surface area (Å²) in [6.45, 7) is 2.03. The van der Waals surface area contributed by atoms with Crippen LogP contribution in [0.4, 0.5) is 5.82 Å². The van der Waals surface area contributed by atoms with Gasteiger partial charge in [0.25, 0.3) is 0 Å². The molecule has 0 bridgehead atoms. The molecule has 2 rings (SSSR count). The molecule has 0 radical (unpaired) electrons. The van der Waals surface area contributed by atoms with Crippen LogP contribution >= 0.6 is 11.8 Å². The zero-order chi connectivity index (χ0) is 14.4. The second-order valence-corrected chi connectivity index (χ2v) is 6.52. The van der Waals surface area contributed by atoms with Gasteiger partial charge in [0.05, 0.1) is 0 Å². The van der Waals surface area contributed by atoms with Crippen molar-refractivity contribution in [3.05, 3.63) is 11.8 Å². The van der Waals surface area contributed by atoms with Crippen molar-refractivity contribution >= 4 is 17.6 Å². The zero-order valence-corrected chi connectivity index (χ0v) is 13.4. The molecule has 1 saturated carbocycles. The average molecular weight is 294 g/mol. The van der Waals surface area contributed by atoms with Crippen LogP contribution in [-0.4, -0.2) is 28.3 Å². The lowest BCUT2D eigenvalue weighted by Crippen LogP contribution is -2.23. The van der Waals surface area contributed by atoms with Gasteiger partial charge in [0.1, 0.15) is 5.82 Å². The molecule has 0 saturated heterocycles. The highest BCUT2D eigenvalue weighted by atomic mass is 32.2. The smallest absolute Gasteiger partial charge is 0.189 e. The van der Waals surface area contributed by atoms with Crippen molar-refractivity contribution in [2.75, 3.05) is 11.6 Å². The first-order valence-corrected chi connectivity index (χ1v) is 8.83. The second-order valence-electron chi connectivity index (χ2n) is 5.74. The van der Waals surface area contributed by atoms with E-state index in [1.807, 2.05) is 19.4 Å². The molecule has 1 heterocycles. The molecule has 0 spiro atoms. The van der Waals surface area contributed by atoms with Crippen molar-refractivity contribution in [2.24, 2.45) is 5.73 Å². The number of anilines is 1. The van der Waals surface area contributed by atoms with E-state index in [1.165, 1.54) is 38.5 Å². The zero-order valence-electron chi connectivity index (χ0n) is 12.6. The maximum atomic E-state index is 5.93. The first kappa shape index (κ1) is 15.6. The van der Waals surface area contributed by atoms with Crippen molar-refractivity contribution in [3.63, 3.8) is 0 Å². The molecule has 0 aromatic carbocycles. The largest absolute Gasteiger partial charge is 0.367 e. The highest BCUT2D eigenvalue weighted by Gasteiger charge is 2.16. The minimum atomic E-state index is 0.133. The maximum absolute atomic E-state index is 5.93. The number of nitrogens with one attached hydrogen (secondary N) is 1. The molecule has 0 aliphatic heterocycles. The first-order valence-electron chi connectivity index (χ1n) is 7.61. The lowest BCUT2D eigenvalue weighted by molar-refractivity contribution is 0.613. The van der Waals surface area contributed by atoms with E-state index < -0.39 is 0 Å². The van der Waals surface area contributed by atoms with Gasteiger partial charge in [-0.25, -0.2) is 9.97 Å². The van der Waals surface area contributed by atoms with Crippen molar-refractivity contribution in [2.45, 2.75) is 69.1 Å². The van der Waals surface area contributed by atoms with Crippen LogP contribution in [0.5, 0.6) is 0 Å². The molecule has 1 unspecified atom stereocenters. The van der Waals surface area contributed by atoms with E-state index in [1.54, 1.807) is 11.8 Å². The van der Waals surface area contributed by atoms with Gasteiger partial charge in [-0.15, -0.1) is 0 Å². The Kier molecular flexibility index (Phi) is 6.10. The van der Waals surface area contributed by atoms with Crippen molar-refractivity contribution in [1.82, 2.24) is 9.97 Å². The number of thioether (sulfide) groups is 1. The quantitative estimate of drug-likeness (QED) is 0.496. The van der Waals surface area contributed by atoms with Gasteiger partial charge in [0.2, 0.25) is 0 Å². The Morgan fingerprint density at radius 1 is 1.35 bits per heavy atom. The second kappa shape index (κ2) is 7.84. The fourth-order valence-electron chi connectivity index (χ4n) is 2.73. The average Bonchev–Trinajstić information content (AvgIpc) is 2.69. The fraction of sp³-hybridized carbons (Fsp3) is 0.733. The summed E-state index contributed by atoms with van der Waals surface area (Å²) in [5.41, 5.74) is 7.07. The molecule has 4 nitrogen and oxygen atoms in total. The molecule has 0 amide bonds. The Hall–Kier alpha value is -0.810. The molecular formula is C15H26N4S. The first-order chi connectivity index (χ1) is 9.69. The molecule has 1 atom stereocenters. The van der Waals surface area contributed by atoms with Crippen LogP contribution in [-0.2, 0) is 6.42 Å². The van der Waals surface area contributed by atoms with E-state index in [2.05, 4.69) is 15.3 Å². The van der Waals surface area contributed by atoms with E-state index >= 15 is 0 Å². The van der Waals surface area contributed by atoms with Gasteiger partial charge >= 0.3 is 0 Å². The summed E-state index contributed by atoms with van der Waals surface area (Å²) < 4.78 is 0. The van der Waals surface area contributed by atoms with E-state index in [9.17, 15) is 0 Å². The van der Waals surface area contributed by atoms with E-state index in [-0.39, 0.29) is 6.04 Å². The Labute approximate surface area is 126 Å². The Morgan fingerprint density at radius 2 is 2.05 bits per heavy atom. The normalized spacial score (nSPS) is 18.6. The Balaban J connectivity index is 2.13. The summed E-state index contributed by atoms with van der Waals surface area (Å²) in [6.07, 6.45) is 12.6. The van der Waals surface area contributed by atoms with Crippen LogP contribution in [0.25, 0.3) is 0 Å². The highest BCUT2D eigenvalue weighted by Crippen LogP contribution is 2.23. The molecule has 1 fully saturated rings. The van der Waals surface area contributed by atoms with Gasteiger partial charge in [0.15, 0.2) is 5.16 Å². The van der Waals surface area contributed by atoms with Gasteiger partial charge in [-0.3, -0.25) is 0 Å². The van der Waals surface area contributed by atoms with Crippen LogP contribution < -0.4 is 11.1 Å². The molecule has 1 aliphatic carbocycles. The van der Waals surface area contributed by atoms with Gasteiger partial charge in [-0.05, 0) is 32.4 Å². The van der Waals surface area contributed by atoms with E-state index in [4.69, 9.17) is 5.73 Å². The minimum absolute atomic E-state index is 0.133. The molecule has 5 heteroatoms. The molecule has 112 valence electrons. The Bertz CT molecular complexity index is 414. The molecule has 1 aromatic heterocycles. The molecule has 1 aromatic rings. The number of hydrogen-bond donors (Lipinski definition) is 2. The third kappa shape index (κ3) is 4.63. The summed E-state index contributed by atoms with van der Waals surface area (Å²) >= 11 is 1.58. The van der Waals surface area contributed by atoms with Crippen LogP contribution in [0.3, 0.4) is 0 Å². The van der Waals surface area contributed by atoms with Gasteiger partial charge in [-0.1, -0.05) is 37.4 Å². The summed E-state index contributed by atoms with van der Waals surface area (Å²) in [4.78, 5) is 9.03. The van der Waals surface area contributed by atoms with Gasteiger partial charge in [0, 0.05) is 23.8 Å². The number of hydrogen-bond acceptors (Lipinski definition) is 5. The standard InChI is InChI=1S/C15H26N4S/c1-11(16)9-12-10-17-15(20-2)19-14(12)18-13-7-5-3-4-6-8-13/h10-11,13H,3-9,16H2,1-2H3,(H,17,18,19). The topological polar surface area (TPSA) is 63.8 Å². The van der Waals surface area contributed by atoms with Crippen molar-refractivity contribution in [1.29, 1.82) is 0 Å². The molecular weight excluding hydrogens is 268 g/mol. The molecule has 3 N–H and O–H groups in total. The molecule has 20 heavy (non-hydrogen) atoms. The summed E-state index contributed by atoms with van der Waals surface area (Å²) in [5.74, 6) is 0.994. The number of nitrogens with zero attached hydrogens (tertiary/aromatic N) is 2. The molecule has 1 aliphatic rings. The van der Waals surface area contributed by atoms with Crippen LogP contribution in [0.15, 0.2) is 11.4 Å². The van der Waals surface area contributed by atoms with E-state index in [0.29, 0.717) is 6.04 Å². The highest BCUT2D eigenvalue weighted by molar-refractivity contribution is 7.98. The predicted octanol–water partition coefficient (Wildman–Crippen LogP) is 3.22. The number of nitrogens with two attached hydrogens (primary N) is 1. The maximum Gasteiger partial charge on any atom is 0.189 e. The summed E-state index contributed by atoms with van der Waals surface area (Å²) in [5, 5.41) is 4.48. The number of aromatic nitrogens is 2. The SMILES string of the molecule is CSc1ncc(CC(C)N)c(NC2CCCCCC2)n1. The van der Waals surface area contributed by atoms with Crippen LogP contribution in [0.2, 0.25) is 0 Å². The Morgan fingerprint density at radius 3 is 2.65 bits per heavy atom. The van der Waals surface area contributed by atoms with Crippen molar-refractivity contribution < 1.29 is 0 Å². The third-order valence-corrected chi connectivity index (χ3v) is 4.32. The van der Waals surface area contributed by atoms with Crippen molar-refractivity contribution in [3.8, 4) is 0 Å². The van der Waals surface area contributed by atoms with Gasteiger partial charge in [-0.2, -0.15) is 0 Å². The lowest BCUT2D eigenvalue weighted by Gasteiger charge is -2.20.